The van der Waals surface area contributed by atoms with Crippen LogP contribution in [0.5, 0.6) is 0 Å². The minimum atomic E-state index is -0.317. The van der Waals surface area contributed by atoms with Crippen molar-refractivity contribution in [1.29, 1.82) is 0 Å². The van der Waals surface area contributed by atoms with Crippen LogP contribution in [0.15, 0.2) is 24.3 Å². The number of anilines is 1. The standard InChI is InChI=1S/C22H33N5O2/c1-4-5-6-7-13-27-20(28)18-19(24(3)22(27)29)23-21-25(14-8-15-26(18)21)17-11-9-16(2)10-12-17/h9-12,18-19,21,23H,4-8,13-15H2,1-3H3. The summed E-state index contributed by atoms with van der Waals surface area (Å²) in [5.74, 6) is -0.0460. The number of aryl methyl sites for hydroxylation is 1. The third-order valence-corrected chi connectivity index (χ3v) is 6.47. The Morgan fingerprint density at radius 1 is 1.07 bits per heavy atom. The summed E-state index contributed by atoms with van der Waals surface area (Å²) in [5, 5.41) is 3.58. The number of urea groups is 1. The van der Waals surface area contributed by atoms with Crippen molar-refractivity contribution in [3.05, 3.63) is 29.8 Å². The molecule has 0 aliphatic carbocycles. The fourth-order valence-corrected chi connectivity index (χ4v) is 4.82. The van der Waals surface area contributed by atoms with Crippen LogP contribution in [-0.2, 0) is 4.79 Å². The van der Waals surface area contributed by atoms with Gasteiger partial charge < -0.3 is 9.80 Å². The summed E-state index contributed by atoms with van der Waals surface area (Å²) in [6.45, 7) is 6.56. The van der Waals surface area contributed by atoms with Crippen molar-refractivity contribution in [2.24, 2.45) is 0 Å². The van der Waals surface area contributed by atoms with Gasteiger partial charge in [0.25, 0.3) is 5.91 Å². The Bertz CT molecular complexity index is 752. The number of carbonyl (C=O) groups excluding carboxylic acids is 2. The van der Waals surface area contributed by atoms with Crippen LogP contribution in [-0.4, -0.2) is 71.8 Å². The van der Waals surface area contributed by atoms with Gasteiger partial charge in [0.2, 0.25) is 0 Å². The van der Waals surface area contributed by atoms with Crippen LogP contribution in [0.2, 0.25) is 0 Å². The van der Waals surface area contributed by atoms with Gasteiger partial charge in [-0.1, -0.05) is 43.9 Å². The molecule has 0 radical (unpaired) electrons. The molecule has 3 heterocycles. The molecule has 3 atom stereocenters. The lowest BCUT2D eigenvalue weighted by Crippen LogP contribution is -2.66. The number of amides is 3. The molecule has 3 amide bonds. The Kier molecular flexibility index (Phi) is 5.79. The largest absolute Gasteiger partial charge is 0.343 e. The van der Waals surface area contributed by atoms with Gasteiger partial charge in [0.05, 0.1) is 0 Å². The number of benzene rings is 1. The summed E-state index contributed by atoms with van der Waals surface area (Å²) in [7, 11) is 1.81. The van der Waals surface area contributed by atoms with E-state index in [1.165, 1.54) is 10.5 Å². The highest BCUT2D eigenvalue weighted by molar-refractivity contribution is 6.00. The SMILES string of the molecule is CCCCCCN1C(=O)C2C(NC3N(c4ccc(C)cc4)CCCN23)N(C)C1=O. The molecule has 1 aromatic carbocycles. The molecule has 0 spiro atoms. The number of hydrogen-bond donors (Lipinski definition) is 1. The first kappa shape index (κ1) is 20.2. The minimum absolute atomic E-state index is 0.0460. The number of carbonyl (C=O) groups is 2. The molecule has 1 aromatic rings. The van der Waals surface area contributed by atoms with Gasteiger partial charge >= 0.3 is 6.03 Å². The third kappa shape index (κ3) is 3.62. The van der Waals surface area contributed by atoms with Gasteiger partial charge in [-0.3, -0.25) is 19.9 Å². The molecule has 3 saturated heterocycles. The van der Waals surface area contributed by atoms with E-state index in [0.29, 0.717) is 6.54 Å². The molecule has 7 nitrogen and oxygen atoms in total. The zero-order valence-corrected chi connectivity index (χ0v) is 17.8. The van der Waals surface area contributed by atoms with E-state index in [1.54, 1.807) is 4.90 Å². The van der Waals surface area contributed by atoms with Crippen molar-refractivity contribution in [3.63, 3.8) is 0 Å². The van der Waals surface area contributed by atoms with Crippen LogP contribution >= 0.6 is 0 Å². The van der Waals surface area contributed by atoms with E-state index in [2.05, 4.69) is 53.2 Å². The molecule has 158 valence electrons. The van der Waals surface area contributed by atoms with Crippen LogP contribution < -0.4 is 10.2 Å². The van der Waals surface area contributed by atoms with E-state index in [4.69, 9.17) is 0 Å². The summed E-state index contributed by atoms with van der Waals surface area (Å²) < 4.78 is 0. The second-order valence-electron chi connectivity index (χ2n) is 8.49. The van der Waals surface area contributed by atoms with Crippen LogP contribution in [0, 0.1) is 6.92 Å². The zero-order valence-electron chi connectivity index (χ0n) is 17.8. The summed E-state index contributed by atoms with van der Waals surface area (Å²) in [6, 6.07) is 8.02. The molecular weight excluding hydrogens is 366 g/mol. The second kappa shape index (κ2) is 8.32. The monoisotopic (exact) mass is 399 g/mol. The number of unbranched alkanes of at least 4 members (excludes halogenated alkanes) is 3. The first-order valence-corrected chi connectivity index (χ1v) is 11.0. The molecule has 3 fully saturated rings. The Balaban J connectivity index is 1.54. The topological polar surface area (TPSA) is 59.1 Å². The zero-order chi connectivity index (χ0) is 20.5. The Morgan fingerprint density at radius 2 is 1.83 bits per heavy atom. The third-order valence-electron chi connectivity index (χ3n) is 6.47. The van der Waals surface area contributed by atoms with Crippen molar-refractivity contribution in [2.45, 2.75) is 64.4 Å². The van der Waals surface area contributed by atoms with E-state index in [0.717, 1.165) is 50.9 Å². The summed E-state index contributed by atoms with van der Waals surface area (Å²) in [5.41, 5.74) is 2.38. The van der Waals surface area contributed by atoms with Gasteiger partial charge in [-0.05, 0) is 31.9 Å². The fraction of sp³-hybridized carbons (Fsp3) is 0.636. The predicted octanol–water partition coefficient (Wildman–Crippen LogP) is 2.56. The van der Waals surface area contributed by atoms with E-state index in [9.17, 15) is 9.59 Å². The van der Waals surface area contributed by atoms with Crippen LogP contribution in [0.25, 0.3) is 0 Å². The van der Waals surface area contributed by atoms with Crippen LogP contribution in [0.1, 0.15) is 44.6 Å². The number of nitrogens with one attached hydrogen (secondary N) is 1. The molecule has 0 saturated carbocycles. The van der Waals surface area contributed by atoms with Crippen molar-refractivity contribution in [3.8, 4) is 0 Å². The second-order valence-corrected chi connectivity index (χ2v) is 8.49. The van der Waals surface area contributed by atoms with Gasteiger partial charge in [-0.15, -0.1) is 0 Å². The van der Waals surface area contributed by atoms with Gasteiger partial charge in [-0.2, -0.15) is 0 Å². The average Bonchev–Trinajstić information content (AvgIpc) is 3.12. The maximum Gasteiger partial charge on any atom is 0.327 e. The van der Waals surface area contributed by atoms with Crippen molar-refractivity contribution < 1.29 is 9.59 Å². The average molecular weight is 400 g/mol. The fourth-order valence-electron chi connectivity index (χ4n) is 4.82. The van der Waals surface area contributed by atoms with E-state index < -0.39 is 0 Å². The minimum Gasteiger partial charge on any atom is -0.343 e. The maximum absolute atomic E-state index is 13.3. The Hall–Kier alpha value is -2.12. The molecule has 3 unspecified atom stereocenters. The molecule has 29 heavy (non-hydrogen) atoms. The van der Waals surface area contributed by atoms with Crippen molar-refractivity contribution >= 4 is 17.6 Å². The van der Waals surface area contributed by atoms with Crippen LogP contribution in [0.4, 0.5) is 10.5 Å². The maximum atomic E-state index is 13.3. The number of likely N-dealkylation sites (N-methyl/N-ethyl adjacent to an activating group) is 1. The number of hydrogen-bond acceptors (Lipinski definition) is 5. The number of nitrogens with zero attached hydrogens (tertiary/aromatic N) is 4. The Morgan fingerprint density at radius 3 is 2.55 bits per heavy atom. The summed E-state index contributed by atoms with van der Waals surface area (Å²) in [4.78, 5) is 34.0. The smallest absolute Gasteiger partial charge is 0.327 e. The lowest BCUT2D eigenvalue weighted by molar-refractivity contribution is -0.138. The normalized spacial score (nSPS) is 27.4. The van der Waals surface area contributed by atoms with Gasteiger partial charge in [0.1, 0.15) is 18.5 Å². The van der Waals surface area contributed by atoms with Crippen molar-refractivity contribution in [2.75, 3.05) is 31.6 Å². The molecule has 0 aromatic heterocycles. The Labute approximate surface area is 173 Å². The quantitative estimate of drug-likeness (QED) is 0.745. The summed E-state index contributed by atoms with van der Waals surface area (Å²) >= 11 is 0. The van der Waals surface area contributed by atoms with Gasteiger partial charge in [0, 0.05) is 32.4 Å². The number of fused-ring (bicyclic) bond motifs is 3. The molecule has 7 heteroatoms. The van der Waals surface area contributed by atoms with E-state index >= 15 is 0 Å². The molecule has 4 rings (SSSR count). The molecule has 3 aliphatic rings. The lowest BCUT2D eigenvalue weighted by atomic mass is 10.1. The van der Waals surface area contributed by atoms with Gasteiger partial charge in [-0.25, -0.2) is 4.79 Å². The molecule has 0 bridgehead atoms. The molecule has 3 aliphatic heterocycles. The number of rotatable bonds is 6. The first-order chi connectivity index (χ1) is 14.0. The highest BCUT2D eigenvalue weighted by atomic mass is 16.2. The van der Waals surface area contributed by atoms with E-state index in [-0.39, 0.29) is 30.4 Å². The van der Waals surface area contributed by atoms with Gasteiger partial charge in [0.15, 0.2) is 0 Å². The van der Waals surface area contributed by atoms with E-state index in [1.807, 2.05) is 7.05 Å². The highest BCUT2D eigenvalue weighted by Crippen LogP contribution is 2.33. The van der Waals surface area contributed by atoms with Crippen molar-refractivity contribution in [1.82, 2.24) is 20.0 Å². The summed E-state index contributed by atoms with van der Waals surface area (Å²) in [6.07, 6.45) is 4.86. The molecule has 1 N–H and O–H groups in total. The number of imide groups is 1. The van der Waals surface area contributed by atoms with Crippen LogP contribution in [0.3, 0.4) is 0 Å². The highest BCUT2D eigenvalue weighted by Gasteiger charge is 2.55. The lowest BCUT2D eigenvalue weighted by Gasteiger charge is -2.44. The first-order valence-electron chi connectivity index (χ1n) is 11.0. The predicted molar refractivity (Wildman–Crippen MR) is 113 cm³/mol. The molecular formula is C22H33N5O2.